The first-order valence-electron chi connectivity index (χ1n) is 4.21. The number of aromatic hydroxyl groups is 1. The van der Waals surface area contributed by atoms with Crippen LogP contribution >= 0.6 is 11.6 Å². The minimum atomic E-state index is -4.69. The summed E-state index contributed by atoms with van der Waals surface area (Å²) in [6.45, 7) is -0.621. The van der Waals surface area contributed by atoms with Gasteiger partial charge in [0.2, 0.25) is 0 Å². The Morgan fingerprint density at radius 3 is 2.38 bits per heavy atom. The molecule has 0 heterocycles. The molecular formula is C9H9ClF3NO2. The molecule has 4 N–H and O–H groups in total. The second-order valence-electron chi connectivity index (χ2n) is 3.18. The normalized spacial score (nSPS) is 13.9. The number of rotatable bonds is 2. The van der Waals surface area contributed by atoms with Crippen LogP contribution in [0.1, 0.15) is 17.2 Å². The van der Waals surface area contributed by atoms with Gasteiger partial charge in [0, 0.05) is 16.1 Å². The summed E-state index contributed by atoms with van der Waals surface area (Å²) in [7, 11) is 0. The molecule has 7 heteroatoms. The van der Waals surface area contributed by atoms with Crippen molar-refractivity contribution in [2.24, 2.45) is 5.73 Å². The molecule has 1 aromatic rings. The van der Waals surface area contributed by atoms with Crippen molar-refractivity contribution in [3.05, 3.63) is 28.3 Å². The van der Waals surface area contributed by atoms with E-state index in [2.05, 4.69) is 0 Å². The summed E-state index contributed by atoms with van der Waals surface area (Å²) in [5.41, 5.74) is 4.29. The molecule has 0 aliphatic carbocycles. The Bertz CT molecular complexity index is 395. The number of benzene rings is 1. The van der Waals surface area contributed by atoms with E-state index in [4.69, 9.17) is 22.4 Å². The lowest BCUT2D eigenvalue weighted by atomic mass is 10.0. The van der Waals surface area contributed by atoms with E-state index in [0.717, 1.165) is 6.07 Å². The Hall–Kier alpha value is -0.980. The molecule has 1 atom stereocenters. The van der Waals surface area contributed by atoms with Crippen LogP contribution in [0.2, 0.25) is 5.02 Å². The molecule has 16 heavy (non-hydrogen) atoms. The lowest BCUT2D eigenvalue weighted by molar-refractivity contribution is -0.149. The van der Waals surface area contributed by atoms with Crippen molar-refractivity contribution in [2.75, 3.05) is 0 Å². The SMILES string of the molecule is N[C@H](c1cc(Cl)cc(CO)c1O)C(F)(F)F. The van der Waals surface area contributed by atoms with E-state index in [1.165, 1.54) is 6.07 Å². The lowest BCUT2D eigenvalue weighted by Crippen LogP contribution is -2.28. The van der Waals surface area contributed by atoms with Crippen molar-refractivity contribution in [3.63, 3.8) is 0 Å². The zero-order valence-corrected chi connectivity index (χ0v) is 8.68. The maximum absolute atomic E-state index is 12.3. The highest BCUT2D eigenvalue weighted by Crippen LogP contribution is 2.38. The van der Waals surface area contributed by atoms with E-state index in [-0.39, 0.29) is 10.6 Å². The van der Waals surface area contributed by atoms with Crippen LogP contribution in [0.4, 0.5) is 13.2 Å². The van der Waals surface area contributed by atoms with Crippen LogP contribution in [-0.2, 0) is 6.61 Å². The molecule has 0 unspecified atom stereocenters. The molecule has 1 rings (SSSR count). The summed E-state index contributed by atoms with van der Waals surface area (Å²) in [4.78, 5) is 0. The van der Waals surface area contributed by atoms with Gasteiger partial charge in [-0.1, -0.05) is 11.6 Å². The lowest BCUT2D eigenvalue weighted by Gasteiger charge is -2.18. The minimum Gasteiger partial charge on any atom is -0.507 e. The summed E-state index contributed by atoms with van der Waals surface area (Å²) >= 11 is 5.55. The maximum atomic E-state index is 12.3. The third kappa shape index (κ3) is 2.58. The molecule has 0 fully saturated rings. The molecule has 90 valence electrons. The molecule has 0 aromatic heterocycles. The second-order valence-corrected chi connectivity index (χ2v) is 3.62. The molecule has 1 aromatic carbocycles. The number of phenols is 1. The number of hydrogen-bond donors (Lipinski definition) is 3. The number of hydrogen-bond acceptors (Lipinski definition) is 3. The van der Waals surface area contributed by atoms with E-state index in [0.29, 0.717) is 0 Å². The van der Waals surface area contributed by atoms with Crippen LogP contribution in [0, 0.1) is 0 Å². The van der Waals surface area contributed by atoms with Crippen molar-refractivity contribution in [3.8, 4) is 5.75 Å². The van der Waals surface area contributed by atoms with Gasteiger partial charge in [-0.2, -0.15) is 13.2 Å². The van der Waals surface area contributed by atoms with Gasteiger partial charge >= 0.3 is 6.18 Å². The van der Waals surface area contributed by atoms with Crippen LogP contribution in [0.3, 0.4) is 0 Å². The van der Waals surface area contributed by atoms with E-state index < -0.39 is 30.1 Å². The molecule has 0 aliphatic heterocycles. The fraction of sp³-hybridized carbons (Fsp3) is 0.333. The van der Waals surface area contributed by atoms with Crippen LogP contribution in [0.25, 0.3) is 0 Å². The number of halogens is 4. The Kier molecular flexibility index (Phi) is 3.67. The number of aliphatic hydroxyl groups is 1. The van der Waals surface area contributed by atoms with Gasteiger partial charge in [-0.15, -0.1) is 0 Å². The fourth-order valence-corrected chi connectivity index (χ4v) is 1.46. The van der Waals surface area contributed by atoms with Gasteiger partial charge in [0.25, 0.3) is 0 Å². The highest BCUT2D eigenvalue weighted by molar-refractivity contribution is 6.30. The Morgan fingerprint density at radius 2 is 1.94 bits per heavy atom. The number of alkyl halides is 3. The monoisotopic (exact) mass is 255 g/mol. The van der Waals surface area contributed by atoms with Crippen LogP contribution in [-0.4, -0.2) is 16.4 Å². The summed E-state index contributed by atoms with van der Waals surface area (Å²) in [5.74, 6) is -0.684. The van der Waals surface area contributed by atoms with Crippen molar-refractivity contribution in [2.45, 2.75) is 18.8 Å². The fourth-order valence-electron chi connectivity index (χ4n) is 1.21. The third-order valence-electron chi connectivity index (χ3n) is 2.04. The number of nitrogens with two attached hydrogens (primary N) is 1. The van der Waals surface area contributed by atoms with Crippen molar-refractivity contribution in [1.82, 2.24) is 0 Å². The summed E-state index contributed by atoms with van der Waals surface area (Å²) < 4.78 is 37.0. The van der Waals surface area contributed by atoms with Crippen molar-refractivity contribution < 1.29 is 23.4 Å². The largest absolute Gasteiger partial charge is 0.507 e. The van der Waals surface area contributed by atoms with E-state index >= 15 is 0 Å². The van der Waals surface area contributed by atoms with Gasteiger partial charge in [0.1, 0.15) is 11.8 Å². The van der Waals surface area contributed by atoms with Crippen molar-refractivity contribution >= 4 is 11.6 Å². The van der Waals surface area contributed by atoms with Gasteiger partial charge in [0.15, 0.2) is 0 Å². The zero-order valence-electron chi connectivity index (χ0n) is 7.92. The summed E-state index contributed by atoms with van der Waals surface area (Å²) in [6, 6.07) is -0.242. The molecule has 0 bridgehead atoms. The third-order valence-corrected chi connectivity index (χ3v) is 2.26. The summed E-state index contributed by atoms with van der Waals surface area (Å²) in [5, 5.41) is 18.2. The average Bonchev–Trinajstić information content (AvgIpc) is 2.18. The molecule has 0 amide bonds. The van der Waals surface area contributed by atoms with Crippen molar-refractivity contribution in [1.29, 1.82) is 0 Å². The average molecular weight is 256 g/mol. The zero-order chi connectivity index (χ0) is 12.5. The topological polar surface area (TPSA) is 66.5 Å². The first kappa shape index (κ1) is 13.1. The second kappa shape index (κ2) is 4.48. The summed E-state index contributed by atoms with van der Waals surface area (Å²) in [6.07, 6.45) is -4.69. The molecule has 3 nitrogen and oxygen atoms in total. The smallest absolute Gasteiger partial charge is 0.407 e. The molecule has 0 saturated heterocycles. The maximum Gasteiger partial charge on any atom is 0.407 e. The highest BCUT2D eigenvalue weighted by atomic mass is 35.5. The number of aliphatic hydroxyl groups excluding tert-OH is 1. The van der Waals surface area contributed by atoms with Crippen LogP contribution in [0.15, 0.2) is 12.1 Å². The molecule has 0 radical (unpaired) electrons. The van der Waals surface area contributed by atoms with E-state index in [1.807, 2.05) is 0 Å². The van der Waals surface area contributed by atoms with Crippen LogP contribution < -0.4 is 5.73 Å². The molecular weight excluding hydrogens is 247 g/mol. The Morgan fingerprint density at radius 1 is 1.38 bits per heavy atom. The standard InChI is InChI=1S/C9H9ClF3NO2/c10-5-1-4(3-15)7(16)6(2-5)8(14)9(11,12)13/h1-2,8,15-16H,3,14H2/t8-/m1/s1. The van der Waals surface area contributed by atoms with Crippen LogP contribution in [0.5, 0.6) is 5.75 Å². The van der Waals surface area contributed by atoms with Gasteiger partial charge in [-0.3, -0.25) is 0 Å². The quantitative estimate of drug-likeness (QED) is 0.758. The van der Waals surface area contributed by atoms with Gasteiger partial charge < -0.3 is 15.9 Å². The van der Waals surface area contributed by atoms with E-state index in [9.17, 15) is 18.3 Å². The first-order valence-corrected chi connectivity index (χ1v) is 4.59. The van der Waals surface area contributed by atoms with Gasteiger partial charge in [0.05, 0.1) is 6.61 Å². The van der Waals surface area contributed by atoms with Gasteiger partial charge in [-0.05, 0) is 12.1 Å². The first-order chi connectivity index (χ1) is 7.27. The van der Waals surface area contributed by atoms with E-state index in [1.54, 1.807) is 0 Å². The minimum absolute atomic E-state index is 0.0310. The Balaban J connectivity index is 3.28. The predicted molar refractivity (Wildman–Crippen MR) is 52.0 cm³/mol. The molecule has 0 spiro atoms. The van der Waals surface area contributed by atoms with Gasteiger partial charge in [-0.25, -0.2) is 0 Å². The highest BCUT2D eigenvalue weighted by Gasteiger charge is 2.39. The molecule has 0 aliphatic rings. The molecule has 0 saturated carbocycles. The Labute approximate surface area is 94.3 Å². The predicted octanol–water partition coefficient (Wildman–Crippen LogP) is 2.10.